The summed E-state index contributed by atoms with van der Waals surface area (Å²) in [6, 6.07) is 3.04. The van der Waals surface area contributed by atoms with E-state index >= 15 is 0 Å². The molecule has 1 aliphatic heterocycles. The first kappa shape index (κ1) is 19.8. The summed E-state index contributed by atoms with van der Waals surface area (Å²) in [4.78, 5) is 15.7. The van der Waals surface area contributed by atoms with Crippen LogP contribution in [0.2, 0.25) is 0 Å². The molecule has 3 N–H and O–H groups in total. The molecule has 150 valence electrons. The predicted molar refractivity (Wildman–Crippen MR) is 91.4 cm³/mol. The van der Waals surface area contributed by atoms with Crippen molar-refractivity contribution in [1.29, 1.82) is 0 Å². The van der Waals surface area contributed by atoms with Crippen LogP contribution in [-0.4, -0.2) is 33.5 Å². The van der Waals surface area contributed by atoms with Gasteiger partial charge in [-0.25, -0.2) is 17.6 Å². The molecule has 1 aliphatic rings. The summed E-state index contributed by atoms with van der Waals surface area (Å²) in [5.74, 6) is -6.42. The number of rotatable bonds is 3. The van der Waals surface area contributed by atoms with Crippen molar-refractivity contribution in [2.45, 2.75) is 44.3 Å². The molecule has 0 bridgehead atoms. The minimum atomic E-state index is -3.74. The fourth-order valence-electron chi connectivity index (χ4n) is 2.93. The molecule has 1 amide bonds. The summed E-state index contributed by atoms with van der Waals surface area (Å²) >= 11 is 0. The number of aromatic nitrogens is 2. The maximum absolute atomic E-state index is 14.8. The van der Waals surface area contributed by atoms with Gasteiger partial charge in [-0.2, -0.15) is 0 Å². The van der Waals surface area contributed by atoms with Gasteiger partial charge >= 0.3 is 11.8 Å². The van der Waals surface area contributed by atoms with Crippen LogP contribution in [0.1, 0.15) is 42.4 Å². The van der Waals surface area contributed by atoms with E-state index in [1.165, 1.54) is 6.92 Å². The normalized spacial score (nSPS) is 26.6. The molecular formula is C17H17F4N5O2. The molecule has 0 radical (unpaired) electrons. The lowest BCUT2D eigenvalue weighted by atomic mass is 9.77. The van der Waals surface area contributed by atoms with Gasteiger partial charge in [0, 0.05) is 18.2 Å². The van der Waals surface area contributed by atoms with E-state index in [1.807, 2.05) is 0 Å². The Kier molecular flexibility index (Phi) is 4.43. The lowest BCUT2D eigenvalue weighted by Gasteiger charge is -2.42. The molecular weight excluding hydrogens is 382 g/mol. The number of carbonyl (C=O) groups is 1. The van der Waals surface area contributed by atoms with Gasteiger partial charge in [0.15, 0.2) is 11.2 Å². The second-order valence-corrected chi connectivity index (χ2v) is 6.92. The van der Waals surface area contributed by atoms with Crippen molar-refractivity contribution < 1.29 is 26.8 Å². The molecule has 2 atom stereocenters. The Morgan fingerprint density at radius 3 is 2.54 bits per heavy atom. The Labute approximate surface area is 157 Å². The zero-order valence-corrected chi connectivity index (χ0v) is 15.2. The van der Waals surface area contributed by atoms with Gasteiger partial charge in [-0.1, -0.05) is 0 Å². The summed E-state index contributed by atoms with van der Waals surface area (Å²) in [6.45, 7) is 3.33. The molecule has 28 heavy (non-hydrogen) atoms. The Bertz CT molecular complexity index is 972. The summed E-state index contributed by atoms with van der Waals surface area (Å²) in [6.07, 6.45) is -1.26. The van der Waals surface area contributed by atoms with E-state index in [0.717, 1.165) is 32.0 Å². The first-order valence-electron chi connectivity index (χ1n) is 8.20. The van der Waals surface area contributed by atoms with Crippen LogP contribution < -0.4 is 11.1 Å². The maximum Gasteiger partial charge on any atom is 0.313 e. The number of halogens is 4. The maximum atomic E-state index is 14.8. The summed E-state index contributed by atoms with van der Waals surface area (Å²) in [5.41, 5.74) is -0.0376. The van der Waals surface area contributed by atoms with Gasteiger partial charge in [0.2, 0.25) is 5.89 Å². The topological polar surface area (TPSA) is 106 Å². The van der Waals surface area contributed by atoms with E-state index in [4.69, 9.17) is 10.2 Å². The Hall–Kier alpha value is -2.98. The quantitative estimate of drug-likeness (QED) is 0.772. The average Bonchev–Trinajstić information content (AvgIpc) is 3.01. The third-order valence-electron chi connectivity index (χ3n) is 4.61. The van der Waals surface area contributed by atoms with Gasteiger partial charge in [0.05, 0.1) is 6.42 Å². The standard InChI is InChI=1S/C17H17F4N5O2/c1-8-25-26-13(28-8)12(27)23-9-4-5-11(18)10(6-9)16(3)17(20,21)7-15(2,19)14(22)24-16/h4-6H,7H2,1-3H3,(H2,22,24)(H,23,27). The number of aliphatic imine (C=N–C) groups is 1. The smallest absolute Gasteiger partial charge is 0.313 e. The van der Waals surface area contributed by atoms with Crippen LogP contribution >= 0.6 is 0 Å². The Morgan fingerprint density at radius 2 is 1.93 bits per heavy atom. The van der Waals surface area contributed by atoms with Gasteiger partial charge in [-0.3, -0.25) is 9.79 Å². The lowest BCUT2D eigenvalue weighted by molar-refractivity contribution is -0.106. The number of nitrogens with zero attached hydrogens (tertiary/aromatic N) is 3. The van der Waals surface area contributed by atoms with E-state index in [9.17, 15) is 22.4 Å². The second kappa shape index (κ2) is 6.28. The van der Waals surface area contributed by atoms with E-state index in [-0.39, 0.29) is 17.5 Å². The number of amides is 1. The van der Waals surface area contributed by atoms with Crippen molar-refractivity contribution in [1.82, 2.24) is 10.2 Å². The minimum absolute atomic E-state index is 0.0170. The molecule has 3 rings (SSSR count). The van der Waals surface area contributed by atoms with E-state index < -0.39 is 46.7 Å². The highest BCUT2D eigenvalue weighted by atomic mass is 19.3. The fourth-order valence-corrected chi connectivity index (χ4v) is 2.93. The van der Waals surface area contributed by atoms with Gasteiger partial charge in [0.1, 0.15) is 11.7 Å². The molecule has 1 aromatic heterocycles. The number of amidine groups is 1. The third-order valence-corrected chi connectivity index (χ3v) is 4.61. The number of nitrogens with two attached hydrogens (primary N) is 1. The van der Waals surface area contributed by atoms with E-state index in [1.54, 1.807) is 0 Å². The predicted octanol–water partition coefficient (Wildman–Crippen LogP) is 3.11. The van der Waals surface area contributed by atoms with E-state index in [0.29, 0.717) is 0 Å². The minimum Gasteiger partial charge on any atom is -0.417 e. The molecule has 0 aliphatic carbocycles. The van der Waals surface area contributed by atoms with Gasteiger partial charge in [0.25, 0.3) is 5.92 Å². The van der Waals surface area contributed by atoms with Crippen molar-refractivity contribution in [3.8, 4) is 0 Å². The van der Waals surface area contributed by atoms with Crippen LogP contribution in [0.5, 0.6) is 0 Å². The number of anilines is 1. The van der Waals surface area contributed by atoms with E-state index in [2.05, 4.69) is 20.5 Å². The van der Waals surface area contributed by atoms with Crippen LogP contribution in [0.3, 0.4) is 0 Å². The molecule has 0 saturated carbocycles. The number of nitrogens with one attached hydrogen (secondary N) is 1. The number of aryl methyl sites for hydroxylation is 1. The largest absolute Gasteiger partial charge is 0.417 e. The number of hydrogen-bond acceptors (Lipinski definition) is 6. The Morgan fingerprint density at radius 1 is 1.25 bits per heavy atom. The molecule has 11 heteroatoms. The molecule has 0 fully saturated rings. The number of carbonyl (C=O) groups excluding carboxylic acids is 1. The van der Waals surface area contributed by atoms with Crippen molar-refractivity contribution >= 4 is 17.4 Å². The number of alkyl halides is 3. The first-order chi connectivity index (χ1) is 12.9. The zero-order chi connectivity index (χ0) is 20.9. The lowest BCUT2D eigenvalue weighted by Crippen LogP contribution is -2.56. The van der Waals surface area contributed by atoms with Crippen molar-refractivity contribution in [2.75, 3.05) is 5.32 Å². The van der Waals surface area contributed by atoms with Crippen molar-refractivity contribution in [3.63, 3.8) is 0 Å². The molecule has 2 unspecified atom stereocenters. The SMILES string of the molecule is Cc1nnc(C(=O)Nc2ccc(F)c(C3(C)N=C(N)C(C)(F)CC3(F)F)c2)o1. The van der Waals surface area contributed by atoms with Crippen molar-refractivity contribution in [2.24, 2.45) is 10.7 Å². The first-order valence-corrected chi connectivity index (χ1v) is 8.20. The molecule has 7 nitrogen and oxygen atoms in total. The highest BCUT2D eigenvalue weighted by Crippen LogP contribution is 2.50. The average molecular weight is 399 g/mol. The summed E-state index contributed by atoms with van der Waals surface area (Å²) < 4.78 is 63.2. The Balaban J connectivity index is 2.01. The number of hydrogen-bond donors (Lipinski definition) is 2. The monoisotopic (exact) mass is 399 g/mol. The van der Waals surface area contributed by atoms with Gasteiger partial charge in [-0.15, -0.1) is 10.2 Å². The fraction of sp³-hybridized carbons (Fsp3) is 0.412. The highest BCUT2D eigenvalue weighted by molar-refractivity contribution is 6.00. The van der Waals surface area contributed by atoms with Crippen LogP contribution in [0, 0.1) is 12.7 Å². The van der Waals surface area contributed by atoms with Gasteiger partial charge < -0.3 is 15.5 Å². The van der Waals surface area contributed by atoms with Crippen LogP contribution in [0.15, 0.2) is 27.6 Å². The summed E-state index contributed by atoms with van der Waals surface area (Å²) in [5, 5.41) is 9.38. The van der Waals surface area contributed by atoms with Gasteiger partial charge in [-0.05, 0) is 32.0 Å². The molecule has 0 saturated heterocycles. The highest BCUT2D eigenvalue weighted by Gasteiger charge is 2.60. The zero-order valence-electron chi connectivity index (χ0n) is 15.2. The second-order valence-electron chi connectivity index (χ2n) is 6.92. The molecule has 1 aromatic carbocycles. The van der Waals surface area contributed by atoms with Crippen molar-refractivity contribution in [3.05, 3.63) is 41.4 Å². The third kappa shape index (κ3) is 3.20. The number of benzene rings is 1. The van der Waals surface area contributed by atoms with Crippen LogP contribution in [-0.2, 0) is 5.54 Å². The summed E-state index contributed by atoms with van der Waals surface area (Å²) in [7, 11) is 0. The molecule has 0 spiro atoms. The molecule has 2 aromatic rings. The molecule has 2 heterocycles. The van der Waals surface area contributed by atoms with Crippen LogP contribution in [0.4, 0.5) is 23.2 Å². The van der Waals surface area contributed by atoms with Crippen LogP contribution in [0.25, 0.3) is 0 Å².